The zero-order valence-corrected chi connectivity index (χ0v) is 23.3. The highest BCUT2D eigenvalue weighted by atomic mass is 32.2. The Bertz CT molecular complexity index is 1440. The third-order valence-corrected chi connectivity index (χ3v) is 8.37. The highest BCUT2D eigenvalue weighted by molar-refractivity contribution is 7.91. The van der Waals surface area contributed by atoms with Crippen molar-refractivity contribution in [2.75, 3.05) is 12.0 Å². The van der Waals surface area contributed by atoms with Crippen molar-refractivity contribution < 1.29 is 35.8 Å². The highest BCUT2D eigenvalue weighted by Crippen LogP contribution is 2.45. The van der Waals surface area contributed by atoms with Crippen LogP contribution in [-0.4, -0.2) is 44.6 Å². The Hall–Kier alpha value is -2.79. The van der Waals surface area contributed by atoms with Gasteiger partial charge in [0.2, 0.25) is 0 Å². The summed E-state index contributed by atoms with van der Waals surface area (Å²) in [5.74, 6) is 0.186. The summed E-state index contributed by atoms with van der Waals surface area (Å²) in [4.78, 5) is 0.315. The fourth-order valence-electron chi connectivity index (χ4n) is 4.40. The largest absolute Gasteiger partial charge is 0.489 e. The van der Waals surface area contributed by atoms with Crippen molar-refractivity contribution >= 4 is 20.0 Å². The Balaban J connectivity index is 0.000000695. The van der Waals surface area contributed by atoms with Crippen molar-refractivity contribution in [3.63, 3.8) is 0 Å². The molecule has 37 heavy (non-hydrogen) atoms. The second-order valence-electron chi connectivity index (χ2n) is 10.2. The van der Waals surface area contributed by atoms with E-state index in [0.717, 1.165) is 22.4 Å². The molecule has 1 aliphatic heterocycles. The molecule has 0 saturated heterocycles. The molecule has 8 nitrogen and oxygen atoms in total. The van der Waals surface area contributed by atoms with Gasteiger partial charge in [-0.15, -0.1) is 0 Å². The van der Waals surface area contributed by atoms with E-state index in [1.165, 1.54) is 0 Å². The molecule has 4 rings (SSSR count). The number of fused-ring (bicyclic) bond motifs is 1. The van der Waals surface area contributed by atoms with Crippen molar-refractivity contribution in [2.45, 2.75) is 44.3 Å². The Morgan fingerprint density at radius 3 is 2.19 bits per heavy atom. The maximum atomic E-state index is 13.1. The summed E-state index contributed by atoms with van der Waals surface area (Å²) >= 11 is 0. The molecule has 0 aliphatic carbocycles. The molecule has 2 heterocycles. The predicted molar refractivity (Wildman–Crippen MR) is 141 cm³/mol. The summed E-state index contributed by atoms with van der Waals surface area (Å²) in [5, 5.41) is 11.3. The van der Waals surface area contributed by atoms with Crippen LogP contribution in [0.15, 0.2) is 71.9 Å². The highest BCUT2D eigenvalue weighted by Gasteiger charge is 2.44. The Kier molecular flexibility index (Phi) is 8.48. The number of ether oxygens (including phenoxy) is 1. The van der Waals surface area contributed by atoms with E-state index in [4.69, 9.17) is 9.29 Å². The maximum Gasteiger partial charge on any atom is 0.261 e. The lowest BCUT2D eigenvalue weighted by molar-refractivity contribution is -0.671. The first-order valence-electron chi connectivity index (χ1n) is 11.7. The van der Waals surface area contributed by atoms with Gasteiger partial charge >= 0.3 is 0 Å². The molecule has 1 aliphatic rings. The van der Waals surface area contributed by atoms with E-state index < -0.39 is 37.4 Å². The van der Waals surface area contributed by atoms with Crippen molar-refractivity contribution in [2.24, 2.45) is 12.5 Å². The van der Waals surface area contributed by atoms with Crippen molar-refractivity contribution in [3.8, 4) is 5.75 Å². The minimum atomic E-state index is -3.67. The van der Waals surface area contributed by atoms with Crippen LogP contribution in [0, 0.1) is 12.3 Å². The lowest BCUT2D eigenvalue weighted by Crippen LogP contribution is -2.38. The van der Waals surface area contributed by atoms with Gasteiger partial charge in [0.1, 0.15) is 19.4 Å². The SMILES string of the molecule is CS(=O)(=O)O.Cc1ccc2c(c1)[C@@H](c1ccc(OCc3cc[n+](C)cc3)cc1)[C@@H](O)C(C)(C)CS2(=O)=O. The first-order valence-corrected chi connectivity index (χ1v) is 15.2. The zero-order chi connectivity index (χ0) is 27.6. The average molecular weight is 549 g/mol. The van der Waals surface area contributed by atoms with Crippen LogP contribution in [0.5, 0.6) is 5.75 Å². The van der Waals surface area contributed by atoms with Gasteiger partial charge in [-0.1, -0.05) is 43.7 Å². The molecule has 1 aromatic heterocycles. The van der Waals surface area contributed by atoms with Crippen LogP contribution in [0.25, 0.3) is 0 Å². The first kappa shape index (κ1) is 28.8. The molecule has 10 heteroatoms. The number of aliphatic hydroxyl groups is 1. The smallest absolute Gasteiger partial charge is 0.261 e. The topological polar surface area (TPSA) is 122 Å². The minimum Gasteiger partial charge on any atom is -0.489 e. The minimum absolute atomic E-state index is 0.0935. The normalized spacial score (nSPS) is 20.1. The average Bonchev–Trinajstić information content (AvgIpc) is 2.83. The fourth-order valence-corrected chi connectivity index (χ4v) is 6.52. The van der Waals surface area contributed by atoms with Crippen LogP contribution < -0.4 is 9.30 Å². The summed E-state index contributed by atoms with van der Waals surface area (Å²) in [5.41, 5.74) is 2.77. The van der Waals surface area contributed by atoms with Crippen LogP contribution in [0.3, 0.4) is 0 Å². The van der Waals surface area contributed by atoms with Gasteiger partial charge in [0.05, 0.1) is 23.0 Å². The van der Waals surface area contributed by atoms with E-state index in [1.54, 1.807) is 6.07 Å². The standard InChI is InChI=1S/C26H30NO4S.CH4O3S/c1-18-5-10-23-22(15-18)24(25(28)26(2,3)17-32(23,29)30)20-6-8-21(9-7-20)31-16-19-11-13-27(4)14-12-19;1-5(2,3)4/h5-15,24-25,28H,16-17H2,1-4H3;1H3,(H,2,3,4)/q+1;/t24-,25-;/m1./s1. The van der Waals surface area contributed by atoms with E-state index in [0.29, 0.717) is 23.3 Å². The summed E-state index contributed by atoms with van der Waals surface area (Å²) < 4.78 is 60.0. The molecule has 2 atom stereocenters. The predicted octanol–water partition coefficient (Wildman–Crippen LogP) is 3.21. The number of aromatic nitrogens is 1. The second-order valence-corrected chi connectivity index (χ2v) is 13.6. The van der Waals surface area contributed by atoms with Gasteiger partial charge in [0.25, 0.3) is 10.1 Å². The number of hydrogen-bond acceptors (Lipinski definition) is 6. The Morgan fingerprint density at radius 1 is 1.05 bits per heavy atom. The lowest BCUT2D eigenvalue weighted by Gasteiger charge is -2.33. The quantitative estimate of drug-likeness (QED) is 0.379. The molecular formula is C27H34NO7S2+. The maximum absolute atomic E-state index is 13.1. The molecule has 0 spiro atoms. The van der Waals surface area contributed by atoms with Gasteiger partial charge in [-0.3, -0.25) is 4.55 Å². The van der Waals surface area contributed by atoms with E-state index in [-0.39, 0.29) is 5.75 Å². The van der Waals surface area contributed by atoms with Gasteiger partial charge in [-0.2, -0.15) is 8.42 Å². The molecular weight excluding hydrogens is 514 g/mol. The number of benzene rings is 2. The van der Waals surface area contributed by atoms with Crippen molar-refractivity contribution in [3.05, 3.63) is 89.2 Å². The molecule has 0 amide bonds. The summed E-state index contributed by atoms with van der Waals surface area (Å²) in [6.07, 6.45) is 3.82. The molecule has 2 aromatic carbocycles. The monoisotopic (exact) mass is 548 g/mol. The van der Waals surface area contributed by atoms with Crippen LogP contribution in [0.2, 0.25) is 0 Å². The number of rotatable bonds is 4. The molecule has 0 radical (unpaired) electrons. The molecule has 3 aromatic rings. The van der Waals surface area contributed by atoms with Gasteiger partial charge < -0.3 is 9.84 Å². The van der Waals surface area contributed by atoms with E-state index in [9.17, 15) is 21.9 Å². The number of sulfone groups is 1. The lowest BCUT2D eigenvalue weighted by atomic mass is 9.75. The molecule has 0 saturated carbocycles. The fraction of sp³-hybridized carbons (Fsp3) is 0.370. The van der Waals surface area contributed by atoms with E-state index in [1.807, 2.05) is 93.3 Å². The zero-order valence-electron chi connectivity index (χ0n) is 21.6. The van der Waals surface area contributed by atoms with E-state index >= 15 is 0 Å². The summed E-state index contributed by atoms with van der Waals surface area (Å²) in [6.45, 7) is 6.03. The third-order valence-electron chi connectivity index (χ3n) is 6.21. The first-order chi connectivity index (χ1) is 17.1. The summed E-state index contributed by atoms with van der Waals surface area (Å²) in [6, 6.07) is 17.0. The number of aryl methyl sites for hydroxylation is 2. The molecule has 0 fully saturated rings. The second kappa shape index (κ2) is 10.9. The van der Waals surface area contributed by atoms with Gasteiger partial charge in [0, 0.05) is 29.0 Å². The number of aliphatic hydroxyl groups excluding tert-OH is 1. The molecule has 200 valence electrons. The molecule has 0 bridgehead atoms. The number of hydrogen-bond donors (Lipinski definition) is 2. The summed E-state index contributed by atoms with van der Waals surface area (Å²) in [7, 11) is -5.21. The number of pyridine rings is 1. The van der Waals surface area contributed by atoms with Crippen LogP contribution in [0.4, 0.5) is 0 Å². The van der Waals surface area contributed by atoms with Crippen LogP contribution >= 0.6 is 0 Å². The van der Waals surface area contributed by atoms with Gasteiger partial charge in [-0.25, -0.2) is 13.0 Å². The van der Waals surface area contributed by atoms with Gasteiger partial charge in [0.15, 0.2) is 22.2 Å². The van der Waals surface area contributed by atoms with Crippen molar-refractivity contribution in [1.82, 2.24) is 0 Å². The third kappa shape index (κ3) is 7.61. The Morgan fingerprint density at radius 2 is 1.62 bits per heavy atom. The van der Waals surface area contributed by atoms with E-state index in [2.05, 4.69) is 0 Å². The Labute approximate surface area is 219 Å². The van der Waals surface area contributed by atoms with Crippen LogP contribution in [0.1, 0.15) is 42.0 Å². The van der Waals surface area contributed by atoms with Crippen LogP contribution in [-0.2, 0) is 33.6 Å². The van der Waals surface area contributed by atoms with Crippen molar-refractivity contribution in [1.29, 1.82) is 0 Å². The number of nitrogens with zero attached hydrogens (tertiary/aromatic N) is 1. The molecule has 0 unspecified atom stereocenters. The molecule has 2 N–H and O–H groups in total. The van der Waals surface area contributed by atoms with Gasteiger partial charge in [-0.05, 0) is 36.2 Å².